The van der Waals surface area contributed by atoms with Crippen LogP contribution < -0.4 is 0 Å². The summed E-state index contributed by atoms with van der Waals surface area (Å²) in [6, 6.07) is 0. The Morgan fingerprint density at radius 2 is 1.54 bits per heavy atom. The van der Waals surface area contributed by atoms with Crippen LogP contribution >= 0.6 is 0 Å². The zero-order valence-corrected chi connectivity index (χ0v) is 19.2. The molecule has 0 N–H and O–H groups in total. The number of hydrogen-bond donors (Lipinski definition) is 0. The second-order valence-corrected chi connectivity index (χ2v) is 7.28. The van der Waals surface area contributed by atoms with Crippen LogP contribution in [0.2, 0.25) is 0 Å². The standard InChI is InChI=1S/C19H39N.2C2H6/c1-8-10-19(13-17(5)9-2)15-20(7)14-18(6)12-11-16(3)4;2*1-2/h12,16-17,19H,8-11,13-15H2,1-7H3;2*1-2H3/b18-12+;;. The lowest BCUT2D eigenvalue weighted by molar-refractivity contribution is 0.249. The van der Waals surface area contributed by atoms with Crippen LogP contribution in [-0.4, -0.2) is 25.0 Å². The Bertz CT molecular complexity index is 255. The number of rotatable bonds is 11. The van der Waals surface area contributed by atoms with E-state index in [1.807, 2.05) is 27.7 Å². The molecule has 0 heterocycles. The van der Waals surface area contributed by atoms with Gasteiger partial charge in [0.25, 0.3) is 0 Å². The van der Waals surface area contributed by atoms with E-state index in [-0.39, 0.29) is 0 Å². The van der Waals surface area contributed by atoms with Crippen LogP contribution in [0.3, 0.4) is 0 Å². The number of nitrogens with zero attached hydrogens (tertiary/aromatic N) is 1. The van der Waals surface area contributed by atoms with E-state index in [0.717, 1.165) is 24.3 Å². The highest BCUT2D eigenvalue weighted by molar-refractivity contribution is 5.00. The third-order valence-corrected chi connectivity index (χ3v) is 4.16. The van der Waals surface area contributed by atoms with Crippen molar-refractivity contribution in [3.8, 4) is 0 Å². The molecule has 0 saturated heterocycles. The fraction of sp³-hybridized carbons (Fsp3) is 0.913. The summed E-state index contributed by atoms with van der Waals surface area (Å²) in [7, 11) is 2.28. The molecule has 0 rings (SSSR count). The van der Waals surface area contributed by atoms with Crippen molar-refractivity contribution < 1.29 is 0 Å². The molecule has 2 atom stereocenters. The summed E-state index contributed by atoms with van der Waals surface area (Å²) >= 11 is 0. The second kappa shape index (κ2) is 20.7. The van der Waals surface area contributed by atoms with Gasteiger partial charge >= 0.3 is 0 Å². The van der Waals surface area contributed by atoms with Gasteiger partial charge in [-0.15, -0.1) is 0 Å². The van der Waals surface area contributed by atoms with Gasteiger partial charge in [-0.2, -0.15) is 0 Å². The average molecular weight is 342 g/mol. The van der Waals surface area contributed by atoms with Gasteiger partial charge < -0.3 is 4.90 Å². The normalized spacial score (nSPS) is 13.8. The molecule has 0 aliphatic rings. The minimum absolute atomic E-state index is 0.772. The van der Waals surface area contributed by atoms with Crippen LogP contribution in [0, 0.1) is 17.8 Å². The molecule has 1 heteroatoms. The summed E-state index contributed by atoms with van der Waals surface area (Å²) in [6.45, 7) is 24.3. The van der Waals surface area contributed by atoms with Gasteiger partial charge in [-0.1, -0.05) is 86.8 Å². The van der Waals surface area contributed by atoms with Crippen LogP contribution in [0.25, 0.3) is 0 Å². The number of likely N-dealkylation sites (N-methyl/N-ethyl adjacent to an activating group) is 1. The lowest BCUT2D eigenvalue weighted by Gasteiger charge is -2.26. The molecule has 0 saturated carbocycles. The topological polar surface area (TPSA) is 3.24 Å². The minimum Gasteiger partial charge on any atom is -0.302 e. The van der Waals surface area contributed by atoms with Crippen molar-refractivity contribution in [2.24, 2.45) is 17.8 Å². The van der Waals surface area contributed by atoms with Crippen LogP contribution in [0.15, 0.2) is 11.6 Å². The van der Waals surface area contributed by atoms with E-state index < -0.39 is 0 Å². The fourth-order valence-electron chi connectivity index (χ4n) is 2.86. The molecule has 2 unspecified atom stereocenters. The van der Waals surface area contributed by atoms with Gasteiger partial charge in [-0.25, -0.2) is 0 Å². The molecule has 0 spiro atoms. The minimum atomic E-state index is 0.772. The predicted molar refractivity (Wildman–Crippen MR) is 116 cm³/mol. The van der Waals surface area contributed by atoms with Gasteiger partial charge in [-0.3, -0.25) is 0 Å². The van der Waals surface area contributed by atoms with Gasteiger partial charge in [0.2, 0.25) is 0 Å². The Kier molecular flexibility index (Phi) is 24.6. The molecule has 0 aliphatic heterocycles. The zero-order chi connectivity index (χ0) is 19.5. The highest BCUT2D eigenvalue weighted by Gasteiger charge is 2.14. The van der Waals surface area contributed by atoms with E-state index in [2.05, 4.69) is 59.6 Å². The van der Waals surface area contributed by atoms with Gasteiger partial charge in [0.15, 0.2) is 0 Å². The van der Waals surface area contributed by atoms with Crippen molar-refractivity contribution >= 4 is 0 Å². The SMILES string of the molecule is CC.CC.CCCC(CC(C)CC)CN(C)C/C(C)=C/CC(C)C. The predicted octanol–water partition coefficient (Wildman–Crippen LogP) is 7.82. The van der Waals surface area contributed by atoms with Crippen molar-refractivity contribution in [3.63, 3.8) is 0 Å². The van der Waals surface area contributed by atoms with Crippen molar-refractivity contribution in [2.75, 3.05) is 20.1 Å². The van der Waals surface area contributed by atoms with E-state index in [9.17, 15) is 0 Å². The van der Waals surface area contributed by atoms with Crippen molar-refractivity contribution in [2.45, 2.75) is 101 Å². The molecular formula is C23H51N. The van der Waals surface area contributed by atoms with Gasteiger partial charge in [-0.05, 0) is 51.0 Å². The molecule has 0 aromatic carbocycles. The van der Waals surface area contributed by atoms with Crippen LogP contribution in [0.1, 0.15) is 101 Å². The maximum atomic E-state index is 2.52. The molecule has 0 aromatic rings. The molecule has 1 nitrogen and oxygen atoms in total. The highest BCUT2D eigenvalue weighted by Crippen LogP contribution is 2.20. The van der Waals surface area contributed by atoms with Crippen molar-refractivity contribution in [3.05, 3.63) is 11.6 Å². The molecular weight excluding hydrogens is 290 g/mol. The first-order valence-corrected chi connectivity index (χ1v) is 10.7. The highest BCUT2D eigenvalue weighted by atomic mass is 15.1. The van der Waals surface area contributed by atoms with E-state index in [1.165, 1.54) is 44.2 Å². The largest absolute Gasteiger partial charge is 0.302 e. The lowest BCUT2D eigenvalue weighted by atomic mass is 9.90. The van der Waals surface area contributed by atoms with Crippen molar-refractivity contribution in [1.82, 2.24) is 4.90 Å². The Hall–Kier alpha value is -0.300. The average Bonchev–Trinajstić information content (AvgIpc) is 2.56. The summed E-state index contributed by atoms with van der Waals surface area (Å²) in [6.07, 6.45) is 9.04. The maximum Gasteiger partial charge on any atom is 0.0187 e. The monoisotopic (exact) mass is 341 g/mol. The molecule has 148 valence electrons. The summed E-state index contributed by atoms with van der Waals surface area (Å²) in [4.78, 5) is 2.52. The first-order chi connectivity index (χ1) is 11.4. The molecule has 0 aromatic heterocycles. The van der Waals surface area contributed by atoms with Crippen LogP contribution in [0.5, 0.6) is 0 Å². The van der Waals surface area contributed by atoms with E-state index in [1.54, 1.807) is 0 Å². The van der Waals surface area contributed by atoms with Crippen molar-refractivity contribution in [1.29, 1.82) is 0 Å². The fourth-order valence-corrected chi connectivity index (χ4v) is 2.86. The Morgan fingerprint density at radius 3 is 1.96 bits per heavy atom. The Labute approximate surface area is 156 Å². The quantitative estimate of drug-likeness (QED) is 0.346. The Balaban J connectivity index is -0.00000102. The molecule has 0 fully saturated rings. The Morgan fingerprint density at radius 1 is 1.00 bits per heavy atom. The second-order valence-electron chi connectivity index (χ2n) is 7.28. The summed E-state index contributed by atoms with van der Waals surface area (Å²) in [5.74, 6) is 2.52. The first kappa shape index (κ1) is 28.5. The molecule has 0 amide bonds. The molecule has 0 radical (unpaired) electrons. The van der Waals surface area contributed by atoms with Gasteiger partial charge in [0.05, 0.1) is 0 Å². The third kappa shape index (κ3) is 19.7. The lowest BCUT2D eigenvalue weighted by Crippen LogP contribution is -2.28. The van der Waals surface area contributed by atoms with E-state index in [0.29, 0.717) is 0 Å². The zero-order valence-electron chi connectivity index (χ0n) is 19.2. The molecule has 0 bridgehead atoms. The van der Waals surface area contributed by atoms with Gasteiger partial charge in [0, 0.05) is 13.1 Å². The summed E-state index contributed by atoms with van der Waals surface area (Å²) in [5, 5.41) is 0. The maximum absolute atomic E-state index is 2.52. The van der Waals surface area contributed by atoms with Crippen LogP contribution in [0.4, 0.5) is 0 Å². The van der Waals surface area contributed by atoms with E-state index >= 15 is 0 Å². The van der Waals surface area contributed by atoms with Crippen LogP contribution in [-0.2, 0) is 0 Å². The number of allylic oxidation sites excluding steroid dienone is 1. The smallest absolute Gasteiger partial charge is 0.0187 e. The third-order valence-electron chi connectivity index (χ3n) is 4.16. The molecule has 24 heavy (non-hydrogen) atoms. The molecule has 0 aliphatic carbocycles. The summed E-state index contributed by atoms with van der Waals surface area (Å²) < 4.78 is 0. The first-order valence-electron chi connectivity index (χ1n) is 10.7. The van der Waals surface area contributed by atoms with Gasteiger partial charge in [0.1, 0.15) is 0 Å². The number of hydrogen-bond acceptors (Lipinski definition) is 1. The van der Waals surface area contributed by atoms with E-state index in [4.69, 9.17) is 0 Å². The summed E-state index contributed by atoms with van der Waals surface area (Å²) in [5.41, 5.74) is 1.53.